The van der Waals surface area contributed by atoms with Crippen LogP contribution in [0.15, 0.2) is 58.0 Å². The van der Waals surface area contributed by atoms with Crippen LogP contribution in [0.4, 0.5) is 0 Å². The Bertz CT molecular complexity index is 843. The summed E-state index contributed by atoms with van der Waals surface area (Å²) in [7, 11) is 0. The first kappa shape index (κ1) is 13.7. The van der Waals surface area contributed by atoms with Crippen molar-refractivity contribution in [3.8, 4) is 23.0 Å². The van der Waals surface area contributed by atoms with Gasteiger partial charge in [0, 0.05) is 17.5 Å². The summed E-state index contributed by atoms with van der Waals surface area (Å²) in [5.41, 5.74) is 12.9. The summed E-state index contributed by atoms with van der Waals surface area (Å²) < 4.78 is 11.2. The lowest BCUT2D eigenvalue weighted by Crippen LogP contribution is -2.09. The molecule has 0 aliphatic heterocycles. The Kier molecular flexibility index (Phi) is 3.27. The number of nitrogen functional groups attached to an aromatic ring is 1. The molecule has 22 heavy (non-hydrogen) atoms. The van der Waals surface area contributed by atoms with E-state index in [4.69, 9.17) is 25.7 Å². The van der Waals surface area contributed by atoms with Crippen molar-refractivity contribution in [3.05, 3.63) is 60.5 Å². The Morgan fingerprint density at radius 2 is 1.64 bits per heavy atom. The molecule has 3 aromatic rings. The van der Waals surface area contributed by atoms with Crippen molar-refractivity contribution in [2.45, 2.75) is 0 Å². The Hall–Kier alpha value is -3.28. The highest BCUT2D eigenvalue weighted by Gasteiger charge is 2.12. The van der Waals surface area contributed by atoms with Gasteiger partial charge in [-0.15, -0.1) is 0 Å². The van der Waals surface area contributed by atoms with Crippen LogP contribution in [0, 0.1) is 5.41 Å². The van der Waals surface area contributed by atoms with Crippen molar-refractivity contribution < 1.29 is 8.83 Å². The molecule has 3 aromatic heterocycles. The maximum atomic E-state index is 7.33. The summed E-state index contributed by atoms with van der Waals surface area (Å²) in [6, 6.07) is 10.5. The molecule has 0 amide bonds. The minimum absolute atomic E-state index is 0.128. The maximum absolute atomic E-state index is 7.33. The van der Waals surface area contributed by atoms with Gasteiger partial charge in [0.15, 0.2) is 28.9 Å². The lowest BCUT2D eigenvalue weighted by Gasteiger charge is -2.00. The van der Waals surface area contributed by atoms with Gasteiger partial charge in [0.25, 0.3) is 0 Å². The standard InChI is InChI=1S/C16H14N4O2/c1-9(17)10-2-3-11(20-8-10)12-4-5-13(21-12)14-6-7-15(22-14)16(18)19/h2-8H,1,17H2,(H3,18,19). The Labute approximate surface area is 126 Å². The number of pyridine rings is 1. The summed E-state index contributed by atoms with van der Waals surface area (Å²) >= 11 is 0. The van der Waals surface area contributed by atoms with Crippen molar-refractivity contribution in [3.63, 3.8) is 0 Å². The molecule has 0 unspecified atom stereocenters. The van der Waals surface area contributed by atoms with Gasteiger partial charge >= 0.3 is 0 Å². The van der Waals surface area contributed by atoms with Crippen molar-refractivity contribution in [1.29, 1.82) is 5.41 Å². The molecule has 5 N–H and O–H groups in total. The van der Waals surface area contributed by atoms with Crippen molar-refractivity contribution >= 4 is 11.5 Å². The molecule has 6 heteroatoms. The summed E-state index contributed by atoms with van der Waals surface area (Å²) in [6.45, 7) is 3.66. The molecule has 0 aliphatic carbocycles. The molecule has 6 nitrogen and oxygen atoms in total. The first-order valence-corrected chi connectivity index (χ1v) is 6.50. The second-order valence-electron chi connectivity index (χ2n) is 4.70. The van der Waals surface area contributed by atoms with E-state index < -0.39 is 0 Å². The minimum atomic E-state index is -0.128. The zero-order chi connectivity index (χ0) is 15.7. The highest BCUT2D eigenvalue weighted by atomic mass is 16.4. The van der Waals surface area contributed by atoms with E-state index >= 15 is 0 Å². The molecule has 0 bridgehead atoms. The predicted octanol–water partition coefficient (Wildman–Crippen LogP) is 2.82. The average molecular weight is 294 g/mol. The quantitative estimate of drug-likeness (QED) is 0.505. The van der Waals surface area contributed by atoms with Gasteiger partial charge in [-0.1, -0.05) is 6.58 Å². The number of nitrogens with zero attached hydrogens (tertiary/aromatic N) is 1. The van der Waals surface area contributed by atoms with Crippen LogP contribution in [0.1, 0.15) is 11.3 Å². The fraction of sp³-hybridized carbons (Fsp3) is 0. The van der Waals surface area contributed by atoms with E-state index in [9.17, 15) is 0 Å². The van der Waals surface area contributed by atoms with Crippen molar-refractivity contribution in [2.75, 3.05) is 0 Å². The lowest BCUT2D eigenvalue weighted by atomic mass is 10.2. The molecule has 0 radical (unpaired) electrons. The van der Waals surface area contributed by atoms with E-state index in [1.54, 1.807) is 36.5 Å². The monoisotopic (exact) mass is 294 g/mol. The molecule has 3 rings (SSSR count). The van der Waals surface area contributed by atoms with Gasteiger partial charge in [-0.25, -0.2) is 0 Å². The first-order chi connectivity index (χ1) is 10.5. The van der Waals surface area contributed by atoms with Gasteiger partial charge < -0.3 is 20.3 Å². The first-order valence-electron chi connectivity index (χ1n) is 6.50. The fourth-order valence-electron chi connectivity index (χ4n) is 1.95. The molecule has 0 fully saturated rings. The van der Waals surface area contributed by atoms with Crippen LogP contribution in [-0.2, 0) is 0 Å². The molecular formula is C16H14N4O2. The Morgan fingerprint density at radius 1 is 0.955 bits per heavy atom. The van der Waals surface area contributed by atoms with Crippen LogP contribution in [-0.4, -0.2) is 10.8 Å². The number of nitrogens with two attached hydrogens (primary N) is 2. The number of hydrogen-bond donors (Lipinski definition) is 3. The van der Waals surface area contributed by atoms with Crippen LogP contribution < -0.4 is 11.5 Å². The van der Waals surface area contributed by atoms with Crippen LogP contribution in [0.5, 0.6) is 0 Å². The van der Waals surface area contributed by atoms with Crippen LogP contribution >= 0.6 is 0 Å². The minimum Gasteiger partial charge on any atom is -0.451 e. The highest BCUT2D eigenvalue weighted by Crippen LogP contribution is 2.28. The zero-order valence-corrected chi connectivity index (χ0v) is 11.7. The maximum Gasteiger partial charge on any atom is 0.170 e. The van der Waals surface area contributed by atoms with Crippen LogP contribution in [0.25, 0.3) is 28.7 Å². The Balaban J connectivity index is 1.89. The van der Waals surface area contributed by atoms with Crippen LogP contribution in [0.2, 0.25) is 0 Å². The van der Waals surface area contributed by atoms with Gasteiger partial charge in [-0.2, -0.15) is 0 Å². The van der Waals surface area contributed by atoms with Gasteiger partial charge in [0.05, 0.1) is 0 Å². The molecule has 3 heterocycles. The third-order valence-corrected chi connectivity index (χ3v) is 3.11. The average Bonchev–Trinajstić information content (AvgIpc) is 3.16. The second-order valence-corrected chi connectivity index (χ2v) is 4.70. The fourth-order valence-corrected chi connectivity index (χ4v) is 1.95. The summed E-state index contributed by atoms with van der Waals surface area (Å²) in [5, 5.41) is 7.33. The second kappa shape index (κ2) is 5.25. The third kappa shape index (κ3) is 2.49. The van der Waals surface area contributed by atoms with E-state index in [-0.39, 0.29) is 5.84 Å². The zero-order valence-electron chi connectivity index (χ0n) is 11.7. The van der Waals surface area contributed by atoms with E-state index in [2.05, 4.69) is 11.6 Å². The van der Waals surface area contributed by atoms with E-state index in [1.807, 2.05) is 6.07 Å². The number of nitrogens with one attached hydrogen (secondary N) is 1. The smallest absolute Gasteiger partial charge is 0.170 e. The molecule has 0 spiro atoms. The van der Waals surface area contributed by atoms with Gasteiger partial charge in [-0.05, 0) is 36.4 Å². The topological polar surface area (TPSA) is 115 Å². The van der Waals surface area contributed by atoms with Gasteiger partial charge in [0.2, 0.25) is 0 Å². The molecule has 110 valence electrons. The number of rotatable bonds is 4. The number of hydrogen-bond acceptors (Lipinski definition) is 5. The molecule has 0 aromatic carbocycles. The van der Waals surface area contributed by atoms with Crippen LogP contribution in [0.3, 0.4) is 0 Å². The summed E-state index contributed by atoms with van der Waals surface area (Å²) in [4.78, 5) is 4.29. The summed E-state index contributed by atoms with van der Waals surface area (Å²) in [6.07, 6.45) is 1.64. The van der Waals surface area contributed by atoms with Crippen molar-refractivity contribution in [2.24, 2.45) is 11.5 Å². The lowest BCUT2D eigenvalue weighted by molar-refractivity contribution is 0.524. The highest BCUT2D eigenvalue weighted by molar-refractivity contribution is 5.92. The normalized spacial score (nSPS) is 10.5. The molecular weight excluding hydrogens is 280 g/mol. The van der Waals surface area contributed by atoms with Gasteiger partial charge in [0.1, 0.15) is 5.69 Å². The van der Waals surface area contributed by atoms with Crippen molar-refractivity contribution in [1.82, 2.24) is 4.98 Å². The Morgan fingerprint density at radius 3 is 2.23 bits per heavy atom. The van der Waals surface area contributed by atoms with E-state index in [1.165, 1.54) is 0 Å². The molecule has 0 aliphatic rings. The molecule has 0 saturated heterocycles. The number of furan rings is 2. The molecule has 0 atom stereocenters. The van der Waals surface area contributed by atoms with Gasteiger partial charge in [-0.3, -0.25) is 10.4 Å². The largest absolute Gasteiger partial charge is 0.451 e. The predicted molar refractivity (Wildman–Crippen MR) is 83.9 cm³/mol. The number of aromatic nitrogens is 1. The van der Waals surface area contributed by atoms with E-state index in [0.717, 1.165) is 5.56 Å². The SMILES string of the molecule is C=C(N)c1ccc(-c2ccc(-c3ccc(C(=N)N)o3)o2)nc1. The number of amidine groups is 1. The third-order valence-electron chi connectivity index (χ3n) is 3.11. The van der Waals surface area contributed by atoms with E-state index in [0.29, 0.717) is 34.4 Å². The molecule has 0 saturated carbocycles. The summed E-state index contributed by atoms with van der Waals surface area (Å²) in [5.74, 6) is 1.82.